The lowest BCUT2D eigenvalue weighted by molar-refractivity contribution is 0.0908. The molecule has 1 aromatic carbocycles. The van der Waals surface area contributed by atoms with E-state index < -0.39 is 6.03 Å². The zero-order valence-corrected chi connectivity index (χ0v) is 12.4. The van der Waals surface area contributed by atoms with Crippen molar-refractivity contribution < 1.29 is 14.7 Å². The summed E-state index contributed by atoms with van der Waals surface area (Å²) in [5, 5.41) is 14.6. The first kappa shape index (κ1) is 17.0. The van der Waals surface area contributed by atoms with Crippen LogP contribution in [0.15, 0.2) is 24.3 Å². The van der Waals surface area contributed by atoms with Gasteiger partial charge in [-0.25, -0.2) is 4.79 Å². The van der Waals surface area contributed by atoms with Crippen LogP contribution in [0.5, 0.6) is 0 Å². The van der Waals surface area contributed by atoms with Crippen molar-refractivity contribution in [3.8, 4) is 0 Å². The molecule has 0 saturated heterocycles. The largest absolute Gasteiger partial charge is 0.394 e. The second kappa shape index (κ2) is 8.26. The fourth-order valence-electron chi connectivity index (χ4n) is 1.98. The Hall–Kier alpha value is -2.08. The van der Waals surface area contributed by atoms with Crippen molar-refractivity contribution >= 4 is 11.9 Å². The van der Waals surface area contributed by atoms with Crippen molar-refractivity contribution in [3.63, 3.8) is 0 Å². The minimum absolute atomic E-state index is 0.0788. The minimum atomic E-state index is -0.587. The Labute approximate surface area is 124 Å². The first-order valence-electron chi connectivity index (χ1n) is 6.96. The molecule has 1 atom stereocenters. The molecule has 0 fully saturated rings. The van der Waals surface area contributed by atoms with Crippen molar-refractivity contribution in [2.24, 2.45) is 11.7 Å². The molecular weight excluding hydrogens is 270 g/mol. The molecule has 21 heavy (non-hydrogen) atoms. The van der Waals surface area contributed by atoms with Gasteiger partial charge >= 0.3 is 6.03 Å². The number of amides is 3. The van der Waals surface area contributed by atoms with E-state index in [0.717, 1.165) is 12.0 Å². The molecule has 0 heterocycles. The Bertz CT molecular complexity index is 472. The van der Waals surface area contributed by atoms with Crippen LogP contribution in [0.25, 0.3) is 0 Å². The standard InChI is InChI=1S/C15H23N3O3/c1-10(2)7-13(9-19)18-14(20)12-5-3-11(4-6-12)8-17-15(16)21/h3-6,10,13,19H,7-9H2,1-2H3,(H,18,20)(H3,16,17,21). The molecule has 0 radical (unpaired) electrons. The van der Waals surface area contributed by atoms with E-state index in [2.05, 4.69) is 10.6 Å². The van der Waals surface area contributed by atoms with Crippen molar-refractivity contribution in [2.75, 3.05) is 6.61 Å². The summed E-state index contributed by atoms with van der Waals surface area (Å²) in [5.41, 5.74) is 6.36. The predicted molar refractivity (Wildman–Crippen MR) is 80.7 cm³/mol. The summed E-state index contributed by atoms with van der Waals surface area (Å²) in [6, 6.07) is 6.03. The maximum Gasteiger partial charge on any atom is 0.312 e. The Morgan fingerprint density at radius 2 is 1.86 bits per heavy atom. The van der Waals surface area contributed by atoms with E-state index in [0.29, 0.717) is 18.0 Å². The van der Waals surface area contributed by atoms with E-state index in [1.54, 1.807) is 24.3 Å². The van der Waals surface area contributed by atoms with Crippen LogP contribution in [0.4, 0.5) is 4.79 Å². The third-order valence-corrected chi connectivity index (χ3v) is 2.99. The average Bonchev–Trinajstić information content (AvgIpc) is 2.44. The van der Waals surface area contributed by atoms with Crippen molar-refractivity contribution in [3.05, 3.63) is 35.4 Å². The first-order valence-corrected chi connectivity index (χ1v) is 6.96. The molecule has 6 nitrogen and oxygen atoms in total. The number of carbonyl (C=O) groups is 2. The second-order valence-electron chi connectivity index (χ2n) is 5.40. The molecular formula is C15H23N3O3. The molecule has 0 aromatic heterocycles. The molecule has 5 N–H and O–H groups in total. The molecule has 1 aromatic rings. The van der Waals surface area contributed by atoms with E-state index in [4.69, 9.17) is 5.73 Å². The summed E-state index contributed by atoms with van der Waals surface area (Å²) in [5.74, 6) is 0.175. The Morgan fingerprint density at radius 1 is 1.24 bits per heavy atom. The van der Waals surface area contributed by atoms with Gasteiger partial charge in [-0.3, -0.25) is 4.79 Å². The quantitative estimate of drug-likeness (QED) is 0.602. The van der Waals surface area contributed by atoms with Gasteiger partial charge in [0.15, 0.2) is 0 Å². The molecule has 0 aliphatic rings. The number of rotatable bonds is 7. The Morgan fingerprint density at radius 3 is 2.33 bits per heavy atom. The summed E-state index contributed by atoms with van der Waals surface area (Å²) >= 11 is 0. The number of benzene rings is 1. The van der Waals surface area contributed by atoms with Crippen LogP contribution in [0.1, 0.15) is 36.2 Å². The van der Waals surface area contributed by atoms with E-state index >= 15 is 0 Å². The molecule has 0 aliphatic carbocycles. The molecule has 3 amide bonds. The van der Waals surface area contributed by atoms with Crippen molar-refractivity contribution in [2.45, 2.75) is 32.9 Å². The summed E-state index contributed by atoms with van der Waals surface area (Å²) in [7, 11) is 0. The summed E-state index contributed by atoms with van der Waals surface area (Å²) in [6.07, 6.45) is 0.725. The van der Waals surface area contributed by atoms with Crippen LogP contribution in [-0.2, 0) is 6.54 Å². The van der Waals surface area contributed by atoms with Crippen molar-refractivity contribution in [1.29, 1.82) is 0 Å². The zero-order chi connectivity index (χ0) is 15.8. The molecule has 6 heteroatoms. The number of aliphatic hydroxyl groups is 1. The Balaban J connectivity index is 2.59. The van der Waals surface area contributed by atoms with Gasteiger partial charge in [0.25, 0.3) is 5.91 Å². The SMILES string of the molecule is CC(C)CC(CO)NC(=O)c1ccc(CNC(N)=O)cc1. The first-order chi connectivity index (χ1) is 9.92. The van der Waals surface area contributed by atoms with Crippen LogP contribution in [0.3, 0.4) is 0 Å². The van der Waals surface area contributed by atoms with E-state index in [9.17, 15) is 14.7 Å². The number of hydrogen-bond donors (Lipinski definition) is 4. The molecule has 0 aliphatic heterocycles. The summed E-state index contributed by atoms with van der Waals surface area (Å²) in [4.78, 5) is 22.7. The third-order valence-electron chi connectivity index (χ3n) is 2.99. The maximum atomic E-state index is 12.1. The lowest BCUT2D eigenvalue weighted by Gasteiger charge is -2.18. The third kappa shape index (κ3) is 6.27. The maximum absolute atomic E-state index is 12.1. The number of hydrogen-bond acceptors (Lipinski definition) is 3. The monoisotopic (exact) mass is 293 g/mol. The highest BCUT2D eigenvalue weighted by molar-refractivity contribution is 5.94. The molecule has 1 rings (SSSR count). The van der Waals surface area contributed by atoms with Gasteiger partial charge in [0.1, 0.15) is 0 Å². The number of nitrogens with one attached hydrogen (secondary N) is 2. The van der Waals surface area contributed by atoms with Gasteiger partial charge in [-0.05, 0) is 30.0 Å². The van der Waals surface area contributed by atoms with Gasteiger partial charge in [-0.2, -0.15) is 0 Å². The number of aliphatic hydroxyl groups excluding tert-OH is 1. The molecule has 0 saturated carbocycles. The van der Waals surface area contributed by atoms with E-state index in [1.165, 1.54) is 0 Å². The molecule has 0 bridgehead atoms. The molecule has 0 spiro atoms. The highest BCUT2D eigenvalue weighted by Gasteiger charge is 2.14. The number of urea groups is 1. The van der Waals surface area contributed by atoms with Crippen LogP contribution in [0.2, 0.25) is 0 Å². The lowest BCUT2D eigenvalue weighted by atomic mass is 10.0. The highest BCUT2D eigenvalue weighted by Crippen LogP contribution is 2.08. The second-order valence-corrected chi connectivity index (χ2v) is 5.40. The summed E-state index contributed by atoms with van der Waals surface area (Å²) in [6.45, 7) is 4.32. The van der Waals surface area contributed by atoms with E-state index in [1.807, 2.05) is 13.8 Å². The van der Waals surface area contributed by atoms with Gasteiger partial charge in [-0.1, -0.05) is 26.0 Å². The topological polar surface area (TPSA) is 104 Å². The Kier molecular flexibility index (Phi) is 6.68. The fourth-order valence-corrected chi connectivity index (χ4v) is 1.98. The molecule has 1 unspecified atom stereocenters. The lowest BCUT2D eigenvalue weighted by Crippen LogP contribution is -2.38. The fraction of sp³-hybridized carbons (Fsp3) is 0.467. The van der Waals surface area contributed by atoms with Crippen LogP contribution in [-0.4, -0.2) is 29.7 Å². The summed E-state index contributed by atoms with van der Waals surface area (Å²) < 4.78 is 0. The predicted octanol–water partition coefficient (Wildman–Crippen LogP) is 0.992. The average molecular weight is 293 g/mol. The van der Waals surface area contributed by atoms with Gasteiger partial charge in [0, 0.05) is 12.1 Å². The number of carbonyl (C=O) groups excluding carboxylic acids is 2. The van der Waals surface area contributed by atoms with E-state index in [-0.39, 0.29) is 18.6 Å². The molecule has 116 valence electrons. The number of nitrogens with two attached hydrogens (primary N) is 1. The van der Waals surface area contributed by atoms with Gasteiger partial charge in [-0.15, -0.1) is 0 Å². The van der Waals surface area contributed by atoms with Gasteiger partial charge < -0.3 is 21.5 Å². The van der Waals surface area contributed by atoms with Gasteiger partial charge in [0.2, 0.25) is 0 Å². The zero-order valence-electron chi connectivity index (χ0n) is 12.4. The van der Waals surface area contributed by atoms with Gasteiger partial charge in [0.05, 0.1) is 12.6 Å². The smallest absolute Gasteiger partial charge is 0.312 e. The van der Waals surface area contributed by atoms with Crippen LogP contribution >= 0.6 is 0 Å². The van der Waals surface area contributed by atoms with Crippen LogP contribution < -0.4 is 16.4 Å². The minimum Gasteiger partial charge on any atom is -0.394 e. The number of primary amides is 1. The highest BCUT2D eigenvalue weighted by atomic mass is 16.3. The van der Waals surface area contributed by atoms with Crippen LogP contribution in [0, 0.1) is 5.92 Å². The normalized spacial score (nSPS) is 12.0. The van der Waals surface area contributed by atoms with Crippen molar-refractivity contribution in [1.82, 2.24) is 10.6 Å².